The molecule has 0 aromatic rings. The van der Waals surface area contributed by atoms with Gasteiger partial charge in [-0.15, -0.1) is 0 Å². The number of nitrogens with two attached hydrogens (primary N) is 1. The van der Waals surface area contributed by atoms with Crippen molar-refractivity contribution in [2.24, 2.45) is 17.6 Å². The molecule has 35 atom stereocenters. The van der Waals surface area contributed by atoms with Crippen molar-refractivity contribution in [1.82, 2.24) is 47.9 Å². The monoisotopic (exact) mass is 2080 g/mol. The fraction of sp³-hybridized carbons (Fsp3) is 0.857. The Bertz CT molecular complexity index is 3900. The first kappa shape index (κ1) is 127. The number of ether oxygens (including phenoxy) is 12. The van der Waals surface area contributed by atoms with Gasteiger partial charge in [-0.25, -0.2) is 0 Å². The Morgan fingerprint density at radius 1 is 0.264 bits per heavy atom. The minimum Gasteiger partial charge on any atom is -0.388 e. The molecule has 830 valence electrons. The Hall–Kier alpha value is -7.33. The van der Waals surface area contributed by atoms with Crippen LogP contribution in [0, 0.1) is 11.8 Å². The summed E-state index contributed by atoms with van der Waals surface area (Å²) in [7, 11) is 0. The van der Waals surface area contributed by atoms with Gasteiger partial charge in [0, 0.05) is 122 Å². The minimum absolute atomic E-state index is 0.0164. The average Bonchev–Trinajstić information content (AvgIpc) is 0.843. The Labute approximate surface area is 834 Å². The molecule has 0 aromatic carbocycles. The molecule has 0 radical (unpaired) electrons. The first-order valence-corrected chi connectivity index (χ1v) is 49.3. The maximum atomic E-state index is 13.7. The minimum atomic E-state index is -1.61. The average molecular weight is 2080 g/mol. The lowest BCUT2D eigenvalue weighted by atomic mass is 9.93. The van der Waals surface area contributed by atoms with Crippen molar-refractivity contribution >= 4 is 76.3 Å². The Morgan fingerprint density at radius 2 is 0.507 bits per heavy atom. The van der Waals surface area contributed by atoms with Crippen LogP contribution in [0.15, 0.2) is 0 Å². The zero-order valence-corrected chi connectivity index (χ0v) is 82.8. The van der Waals surface area contributed by atoms with Gasteiger partial charge >= 0.3 is 0 Å². The second-order valence-electron chi connectivity index (χ2n) is 36.8. The van der Waals surface area contributed by atoms with Crippen molar-refractivity contribution in [2.75, 3.05) is 85.5 Å². The number of Topliss-reactive ketones (excluding diaryl/α,β-unsaturated/α-hetero) is 4. The van der Waals surface area contributed by atoms with E-state index in [9.17, 15) is 154 Å². The van der Waals surface area contributed by atoms with Gasteiger partial charge in [0.1, 0.15) is 139 Å². The fourth-order valence-corrected chi connectivity index (χ4v) is 15.9. The highest BCUT2D eigenvalue weighted by molar-refractivity contribution is 5.92. The fourth-order valence-electron chi connectivity index (χ4n) is 15.9. The van der Waals surface area contributed by atoms with E-state index in [-0.39, 0.29) is 180 Å². The normalized spacial score (nSPS) is 31.7. The molecule has 0 saturated carbocycles. The highest BCUT2D eigenvalue weighted by Gasteiger charge is 2.49. The first-order chi connectivity index (χ1) is 68.1. The summed E-state index contributed by atoms with van der Waals surface area (Å²) in [5, 5.41) is 205. The van der Waals surface area contributed by atoms with Gasteiger partial charge in [-0.1, -0.05) is 6.92 Å². The lowest BCUT2D eigenvalue weighted by molar-refractivity contribution is -0.292. The molecule has 9 amide bonds. The number of hydrogen-bond acceptors (Lipinski definition) is 44. The van der Waals surface area contributed by atoms with Crippen LogP contribution in [0.1, 0.15) is 197 Å². The van der Waals surface area contributed by atoms with Crippen LogP contribution in [0.4, 0.5) is 0 Å². The number of amides is 9. The number of ketones is 4. The van der Waals surface area contributed by atoms with E-state index in [0.717, 1.165) is 0 Å². The molecule has 53 nitrogen and oxygen atoms in total. The largest absolute Gasteiger partial charge is 0.388 e. The van der Waals surface area contributed by atoms with Gasteiger partial charge in [-0.2, -0.15) is 0 Å². The molecule has 6 saturated heterocycles. The van der Waals surface area contributed by atoms with E-state index >= 15 is 0 Å². The van der Waals surface area contributed by atoms with Gasteiger partial charge in [-0.05, 0) is 126 Å². The Kier molecular flexibility index (Phi) is 58.5. The molecule has 0 aliphatic carbocycles. The molecular formula is C91H158N10O43. The van der Waals surface area contributed by atoms with E-state index < -0.39 is 286 Å². The van der Waals surface area contributed by atoms with Crippen LogP contribution in [0.2, 0.25) is 0 Å². The maximum Gasteiger partial charge on any atom is 0.242 e. The maximum absolute atomic E-state index is 13.7. The standard InChI is InChI=1S/C48H84N6O22.C43H74N4O21/c1-24(55)30(9-7-8-16-49)53-33(58)10-5-6-11-34(59)54-31(45(70)52-19-22-73-48-43(68)40(65)37(62)27(4)76-48)14-13-29(56)23-28(44(69)51-18-21-72-47-42(67)39(64)36(61)26(3)75-47)12-15-32(57)50-17-20-71-46-41(66)38(63)35(60)25(2)74-46;1-5-25(48)8-6-7-9-29(51)47-27(40(62)46-16-19-65-43-38(60)35(57)32(54)23(4)68-43)12-11-26(49)20-24(39(61)45-15-18-64-42-37(59)34(56)31(53)22(3)67-42)10-13-28(50)44-14-17-63-41-36(58)33(55)30(52)21(2)66-41/h25-28,30-31,35-43,46-48,60-68H,5-23,49H2,1-4H3,(H,50,57)(H,51,69)(H,52,70)(H,53,58)(H,54,59);21-24,27,30-38,41-43,52-60H,5-20H2,1-4H3,(H,44,50)(H,45,61)(H,46,62)(H,47,51)/t25-,26-,27-,28+,30-,31-,35+,36+,37+,38+,39+,40+,41-,42-,43-,46+,47+,48+;21-,22-,23-,24+,27-,30+,31+,32+,33+,34+,35+,36-,37-,38-,41+,42+,43+/m00/s1. The van der Waals surface area contributed by atoms with Crippen LogP contribution in [0.3, 0.4) is 0 Å². The summed E-state index contributed by atoms with van der Waals surface area (Å²) in [6.45, 7) is 10.2. The topological polar surface area (TPSA) is 831 Å². The van der Waals surface area contributed by atoms with E-state index in [2.05, 4.69) is 47.9 Å². The summed E-state index contributed by atoms with van der Waals surface area (Å²) in [6.07, 6.45) is -39.2. The molecule has 6 rings (SSSR count). The zero-order chi connectivity index (χ0) is 107. The summed E-state index contributed by atoms with van der Waals surface area (Å²) in [6, 6.07) is -3.22. The van der Waals surface area contributed by atoms with Gasteiger partial charge in [-0.3, -0.25) is 62.3 Å². The van der Waals surface area contributed by atoms with Crippen LogP contribution in [0.25, 0.3) is 0 Å². The second-order valence-corrected chi connectivity index (χ2v) is 36.8. The zero-order valence-electron chi connectivity index (χ0n) is 82.8. The quantitative estimate of drug-likeness (QED) is 0.0251. The van der Waals surface area contributed by atoms with Crippen LogP contribution in [0.5, 0.6) is 0 Å². The number of aliphatic hydroxyl groups is 18. The van der Waals surface area contributed by atoms with Crippen LogP contribution in [-0.4, -0.2) is 456 Å². The van der Waals surface area contributed by atoms with E-state index in [1.54, 1.807) is 6.92 Å². The number of hydrogen-bond donors (Lipinski definition) is 28. The number of nitrogens with one attached hydrogen (secondary N) is 9. The molecule has 29 N–H and O–H groups in total. The lowest BCUT2D eigenvalue weighted by Crippen LogP contribution is -2.57. The van der Waals surface area contributed by atoms with Gasteiger partial charge in [0.25, 0.3) is 0 Å². The molecule has 0 aromatic heterocycles. The summed E-state index contributed by atoms with van der Waals surface area (Å²) in [4.78, 5) is 170. The lowest BCUT2D eigenvalue weighted by Gasteiger charge is -2.38. The van der Waals surface area contributed by atoms with E-state index in [0.29, 0.717) is 51.5 Å². The number of unbranched alkanes of at least 4 members (excludes halogenated alkanes) is 3. The Balaban J connectivity index is 0.000000510. The third-order valence-corrected chi connectivity index (χ3v) is 25.2. The van der Waals surface area contributed by atoms with E-state index in [1.807, 2.05) is 0 Å². The molecule has 0 spiro atoms. The predicted molar refractivity (Wildman–Crippen MR) is 493 cm³/mol. The summed E-state index contributed by atoms with van der Waals surface area (Å²) in [5.41, 5.74) is 5.54. The van der Waals surface area contributed by atoms with Gasteiger partial charge < -0.3 is 202 Å². The third-order valence-electron chi connectivity index (χ3n) is 25.2. The van der Waals surface area contributed by atoms with Crippen molar-refractivity contribution in [3.05, 3.63) is 0 Å². The highest BCUT2D eigenvalue weighted by Crippen LogP contribution is 2.29. The summed E-state index contributed by atoms with van der Waals surface area (Å²) < 4.78 is 65.2. The van der Waals surface area contributed by atoms with Crippen molar-refractivity contribution in [3.8, 4) is 0 Å². The van der Waals surface area contributed by atoms with Crippen LogP contribution < -0.4 is 53.6 Å². The number of aliphatic hydroxyl groups excluding tert-OH is 18. The van der Waals surface area contributed by atoms with Crippen molar-refractivity contribution in [1.29, 1.82) is 0 Å². The van der Waals surface area contributed by atoms with E-state index in [4.69, 9.17) is 62.6 Å². The summed E-state index contributed by atoms with van der Waals surface area (Å²) >= 11 is 0. The molecule has 6 aliphatic heterocycles. The highest BCUT2D eigenvalue weighted by atomic mass is 16.7. The van der Waals surface area contributed by atoms with Gasteiger partial charge in [0.15, 0.2) is 43.5 Å². The molecule has 144 heavy (non-hydrogen) atoms. The van der Waals surface area contributed by atoms with Gasteiger partial charge in [0.2, 0.25) is 53.2 Å². The predicted octanol–water partition coefficient (Wildman–Crippen LogP) is -10.7. The molecule has 6 fully saturated rings. The third kappa shape index (κ3) is 43.3. The number of rotatable bonds is 63. The Morgan fingerprint density at radius 3 is 0.757 bits per heavy atom. The molecule has 0 bridgehead atoms. The molecule has 6 aliphatic rings. The van der Waals surface area contributed by atoms with Crippen LogP contribution >= 0.6 is 0 Å². The second kappa shape index (κ2) is 66.3. The number of carbonyl (C=O) groups excluding carboxylic acids is 13. The van der Waals surface area contributed by atoms with E-state index in [1.165, 1.54) is 48.5 Å². The smallest absolute Gasteiger partial charge is 0.242 e. The van der Waals surface area contributed by atoms with Gasteiger partial charge in [0.05, 0.1) is 82.3 Å². The SMILES string of the molecule is CC(=O)[C@H](CCCCN)NC(=O)CCCCC(=O)N[C@@H](CCC(=O)C[C@@H](CCC(=O)NCCO[C@@H]1O[C@@H](C)[C@@H](O)[C@@H](O)[C@@H]1O)C(=O)NCCO[C@@H]1O[C@@H](C)[C@@H](O)[C@@H](O)[C@@H]1O)C(=O)NCCO[C@@H]1O[C@@H](C)[C@@H](O)[C@@H](O)[C@@H]1O.CCC(=O)CCCCC(=O)N[C@@H](CCC(=O)C[C@@H](CCC(=O)NCCO[C@@H]1O[C@@H](C)[C@@H](O)[C@@H](O)[C@@H]1O)C(=O)NCCO[C@@H]1O[C@@H](C)[C@@H](O)[C@@H](O)[C@@H]1O)C(=O)NCCO[C@@H]1O[C@@H](C)[C@@H](O)[C@@H](O)[C@@H]1O. The van der Waals surface area contributed by atoms with Crippen molar-refractivity contribution < 1.29 is 211 Å². The van der Waals surface area contributed by atoms with Crippen molar-refractivity contribution in [2.45, 2.75) is 399 Å². The van der Waals surface area contributed by atoms with Crippen molar-refractivity contribution in [3.63, 3.8) is 0 Å². The number of carbonyl (C=O) groups is 13. The molecular weight excluding hydrogens is 1920 g/mol. The molecule has 53 heteroatoms. The first-order valence-electron chi connectivity index (χ1n) is 49.3. The van der Waals surface area contributed by atoms with Crippen LogP contribution in [-0.2, 0) is 119 Å². The molecule has 6 heterocycles. The molecule has 0 unspecified atom stereocenters. The summed E-state index contributed by atoms with van der Waals surface area (Å²) in [5.74, 6) is -8.78.